The average molecular weight is 512 g/mol. The second-order valence-corrected chi connectivity index (χ2v) is 10.1. The molecule has 5 atom stereocenters. The van der Waals surface area contributed by atoms with Crippen LogP contribution in [-0.4, -0.2) is 90.2 Å². The molecule has 11 heteroatoms. The largest absolute Gasteiger partial charge is 0.481 e. The Morgan fingerprint density at radius 2 is 2.03 bits per heavy atom. The molecule has 0 unspecified atom stereocenters. The highest BCUT2D eigenvalue weighted by Gasteiger charge is 2.74. The second-order valence-electron chi connectivity index (χ2n) is 10.1. The Bertz CT molecular complexity index is 1200. The highest BCUT2D eigenvalue weighted by atomic mass is 16.5. The van der Waals surface area contributed by atoms with Crippen LogP contribution in [0.15, 0.2) is 36.9 Å². The van der Waals surface area contributed by atoms with Crippen LogP contribution in [0.4, 0.5) is 0 Å². The van der Waals surface area contributed by atoms with E-state index < -0.39 is 35.6 Å². The first kappa shape index (κ1) is 25.3. The van der Waals surface area contributed by atoms with Crippen molar-refractivity contribution in [2.24, 2.45) is 11.8 Å². The van der Waals surface area contributed by atoms with Crippen molar-refractivity contribution in [3.63, 3.8) is 0 Å². The standard InChI is InChI=1S/C26H33N5O6/c1-2-13-29(16-31-18-10-6-5-9-17(18)27-28-31)24(34)22-26-12-11-19(37-26)20(25(35)36)21(26)23(33)30(22)14-7-3-4-8-15-32/h2,5-6,9-10,19-22,32H,1,3-4,7-8,11-16H2,(H,35,36)/t19-,20+,21+,22-,26+/m1/s1. The van der Waals surface area contributed by atoms with E-state index in [-0.39, 0.29) is 31.6 Å². The number of aliphatic hydroxyl groups excluding tert-OH is 1. The number of ether oxygens (including phenoxy) is 1. The number of carbonyl (C=O) groups excluding carboxylic acids is 2. The lowest BCUT2D eigenvalue weighted by Gasteiger charge is -2.36. The van der Waals surface area contributed by atoms with Gasteiger partial charge in [-0.05, 0) is 37.8 Å². The molecule has 1 spiro atoms. The molecule has 4 heterocycles. The molecule has 0 radical (unpaired) electrons. The summed E-state index contributed by atoms with van der Waals surface area (Å²) in [4.78, 5) is 43.3. The van der Waals surface area contributed by atoms with Gasteiger partial charge in [0.15, 0.2) is 0 Å². The Labute approximate surface area is 214 Å². The van der Waals surface area contributed by atoms with E-state index in [9.17, 15) is 19.5 Å². The van der Waals surface area contributed by atoms with E-state index in [1.165, 1.54) is 0 Å². The number of fused-ring (bicyclic) bond motifs is 2. The van der Waals surface area contributed by atoms with Crippen LogP contribution in [0.1, 0.15) is 38.5 Å². The predicted octanol–water partition coefficient (Wildman–Crippen LogP) is 1.42. The van der Waals surface area contributed by atoms with Crippen LogP contribution < -0.4 is 0 Å². The number of nitrogens with zero attached hydrogens (tertiary/aromatic N) is 5. The Balaban J connectivity index is 1.46. The molecule has 3 saturated heterocycles. The maximum atomic E-state index is 14.3. The number of hydrogen-bond acceptors (Lipinski definition) is 7. The third-order valence-corrected chi connectivity index (χ3v) is 8.01. The molecule has 37 heavy (non-hydrogen) atoms. The van der Waals surface area contributed by atoms with Gasteiger partial charge in [-0.1, -0.05) is 36.3 Å². The van der Waals surface area contributed by atoms with Crippen LogP contribution in [-0.2, 0) is 25.8 Å². The van der Waals surface area contributed by atoms with E-state index >= 15 is 0 Å². The number of aliphatic carboxylic acids is 1. The molecule has 2 bridgehead atoms. The van der Waals surface area contributed by atoms with Crippen LogP contribution in [0.3, 0.4) is 0 Å². The molecular weight excluding hydrogens is 478 g/mol. The van der Waals surface area contributed by atoms with Crippen molar-refractivity contribution in [2.45, 2.75) is 62.9 Å². The number of carboxylic acids is 1. The molecule has 2 amide bonds. The third-order valence-electron chi connectivity index (χ3n) is 8.01. The van der Waals surface area contributed by atoms with Gasteiger partial charge in [-0.15, -0.1) is 11.7 Å². The van der Waals surface area contributed by atoms with Gasteiger partial charge in [-0.3, -0.25) is 14.4 Å². The van der Waals surface area contributed by atoms with E-state index in [2.05, 4.69) is 16.9 Å². The second kappa shape index (κ2) is 10.2. The summed E-state index contributed by atoms with van der Waals surface area (Å²) >= 11 is 0. The van der Waals surface area contributed by atoms with Crippen molar-refractivity contribution in [3.8, 4) is 0 Å². The lowest BCUT2D eigenvalue weighted by atomic mass is 9.70. The predicted molar refractivity (Wildman–Crippen MR) is 132 cm³/mol. The zero-order chi connectivity index (χ0) is 26.2. The Morgan fingerprint density at radius 3 is 2.78 bits per heavy atom. The summed E-state index contributed by atoms with van der Waals surface area (Å²) in [6.45, 7) is 4.57. The van der Waals surface area contributed by atoms with E-state index in [4.69, 9.17) is 9.84 Å². The number of hydrogen-bond donors (Lipinski definition) is 2. The number of aromatic nitrogens is 3. The van der Waals surface area contributed by atoms with E-state index in [1.807, 2.05) is 24.3 Å². The van der Waals surface area contributed by atoms with Gasteiger partial charge in [0.2, 0.25) is 11.8 Å². The van der Waals surface area contributed by atoms with E-state index in [0.717, 1.165) is 18.4 Å². The minimum absolute atomic E-state index is 0.104. The maximum absolute atomic E-state index is 14.3. The number of amides is 2. The summed E-state index contributed by atoms with van der Waals surface area (Å²) in [7, 11) is 0. The summed E-state index contributed by atoms with van der Waals surface area (Å²) in [6, 6.07) is 6.52. The van der Waals surface area contributed by atoms with Crippen molar-refractivity contribution in [3.05, 3.63) is 36.9 Å². The fraction of sp³-hybridized carbons (Fsp3) is 0.577. The quantitative estimate of drug-likeness (QED) is 0.322. The summed E-state index contributed by atoms with van der Waals surface area (Å²) < 4.78 is 7.92. The first-order valence-electron chi connectivity index (χ1n) is 12.9. The number of carboxylic acid groups (broad SMARTS) is 1. The third kappa shape index (κ3) is 4.19. The minimum Gasteiger partial charge on any atom is -0.481 e. The van der Waals surface area contributed by atoms with Gasteiger partial charge in [0, 0.05) is 19.7 Å². The number of carbonyl (C=O) groups is 3. The van der Waals surface area contributed by atoms with Gasteiger partial charge in [0.25, 0.3) is 0 Å². The van der Waals surface area contributed by atoms with Crippen molar-refractivity contribution >= 4 is 28.8 Å². The number of aliphatic hydroxyl groups is 1. The van der Waals surface area contributed by atoms with Crippen LogP contribution in [0.2, 0.25) is 0 Å². The molecule has 198 valence electrons. The Kier molecular flexibility index (Phi) is 7.00. The van der Waals surface area contributed by atoms with Crippen molar-refractivity contribution < 1.29 is 29.3 Å². The fourth-order valence-electron chi connectivity index (χ4n) is 6.43. The molecule has 0 saturated carbocycles. The summed E-state index contributed by atoms with van der Waals surface area (Å²) in [5.74, 6) is -3.52. The molecular formula is C26H33N5O6. The normalized spacial score (nSPS) is 28.1. The molecule has 3 aliphatic rings. The number of likely N-dealkylation sites (tertiary alicyclic amines) is 1. The zero-order valence-electron chi connectivity index (χ0n) is 20.7. The molecule has 1 aromatic carbocycles. The number of benzene rings is 1. The first-order chi connectivity index (χ1) is 17.9. The van der Waals surface area contributed by atoms with Crippen molar-refractivity contribution in [1.29, 1.82) is 0 Å². The SMILES string of the molecule is C=CCN(Cn1nnc2ccccc21)C(=O)[C@H]1N(CCCCCCO)C(=O)[C@@H]2[C@@H](C(=O)O)[C@H]3CC[C@]21O3. The summed E-state index contributed by atoms with van der Waals surface area (Å²) in [6.07, 6.45) is 4.94. The van der Waals surface area contributed by atoms with Crippen LogP contribution >= 0.6 is 0 Å². The number of para-hydroxylation sites is 1. The molecule has 2 aromatic rings. The monoisotopic (exact) mass is 511 g/mol. The van der Waals surface area contributed by atoms with Gasteiger partial charge in [0.05, 0.1) is 23.5 Å². The van der Waals surface area contributed by atoms with Gasteiger partial charge in [-0.2, -0.15) is 0 Å². The highest BCUT2D eigenvalue weighted by molar-refractivity contribution is 5.98. The van der Waals surface area contributed by atoms with E-state index in [0.29, 0.717) is 37.7 Å². The molecule has 2 N–H and O–H groups in total. The lowest BCUT2D eigenvalue weighted by molar-refractivity contribution is -0.151. The maximum Gasteiger partial charge on any atom is 0.310 e. The molecule has 3 aliphatic heterocycles. The number of unbranched alkanes of at least 4 members (excludes halogenated alkanes) is 3. The highest BCUT2D eigenvalue weighted by Crippen LogP contribution is 2.58. The van der Waals surface area contributed by atoms with Gasteiger partial charge in [-0.25, -0.2) is 4.68 Å². The summed E-state index contributed by atoms with van der Waals surface area (Å²) in [5, 5.41) is 27.4. The van der Waals surface area contributed by atoms with Crippen LogP contribution in [0.5, 0.6) is 0 Å². The topological polar surface area (TPSA) is 138 Å². The molecule has 0 aliphatic carbocycles. The van der Waals surface area contributed by atoms with Crippen LogP contribution in [0.25, 0.3) is 11.0 Å². The van der Waals surface area contributed by atoms with Crippen LogP contribution in [0, 0.1) is 11.8 Å². The Morgan fingerprint density at radius 1 is 1.24 bits per heavy atom. The molecule has 5 rings (SSSR count). The van der Waals surface area contributed by atoms with Crippen molar-refractivity contribution in [2.75, 3.05) is 19.7 Å². The van der Waals surface area contributed by atoms with Gasteiger partial charge < -0.3 is 24.7 Å². The minimum atomic E-state index is -1.16. The fourth-order valence-corrected chi connectivity index (χ4v) is 6.43. The average Bonchev–Trinajstić information content (AvgIpc) is 3.63. The lowest BCUT2D eigenvalue weighted by Crippen LogP contribution is -2.56. The van der Waals surface area contributed by atoms with E-state index in [1.54, 1.807) is 20.6 Å². The summed E-state index contributed by atoms with van der Waals surface area (Å²) in [5.41, 5.74) is 0.319. The van der Waals surface area contributed by atoms with Gasteiger partial charge >= 0.3 is 5.97 Å². The van der Waals surface area contributed by atoms with Gasteiger partial charge in [0.1, 0.15) is 23.8 Å². The molecule has 1 aromatic heterocycles. The Hall–Kier alpha value is -3.31. The first-order valence-corrected chi connectivity index (χ1v) is 12.9. The molecule has 11 nitrogen and oxygen atoms in total. The zero-order valence-corrected chi connectivity index (χ0v) is 20.7. The molecule has 3 fully saturated rings. The number of rotatable bonds is 12. The van der Waals surface area contributed by atoms with Crippen molar-refractivity contribution in [1.82, 2.24) is 24.8 Å². The smallest absolute Gasteiger partial charge is 0.310 e.